The SMILES string of the molecule is CCN(CC)CC.CCc1cccc(N)c1.CCc1cccc(NS(=O)(=O)N2CCOC2=O)c1.ClCCl.O=C=NS(=O)(=O)Cl.OCCBr. The van der Waals surface area contributed by atoms with Crippen molar-refractivity contribution in [2.24, 2.45) is 4.40 Å². The molecule has 0 aliphatic carbocycles. The molecule has 3 rings (SSSR count). The highest BCUT2D eigenvalue weighted by atomic mass is 79.9. The van der Waals surface area contributed by atoms with Gasteiger partial charge in [0.1, 0.15) is 6.61 Å². The van der Waals surface area contributed by atoms with Crippen LogP contribution in [0.25, 0.3) is 0 Å². The monoisotopic (exact) mass is 841 g/mol. The number of alkyl halides is 3. The molecule has 0 saturated carbocycles. The van der Waals surface area contributed by atoms with Crippen molar-refractivity contribution in [1.29, 1.82) is 0 Å². The van der Waals surface area contributed by atoms with Crippen molar-refractivity contribution in [2.75, 3.05) is 60.5 Å². The second kappa shape index (κ2) is 30.9. The molecule has 0 radical (unpaired) electrons. The van der Waals surface area contributed by atoms with Gasteiger partial charge in [0.25, 0.3) is 6.08 Å². The number of carbonyl (C=O) groups excluding carboxylic acids is 2. The lowest BCUT2D eigenvalue weighted by Gasteiger charge is -2.15. The van der Waals surface area contributed by atoms with Crippen molar-refractivity contribution in [3.05, 3.63) is 59.7 Å². The Labute approximate surface area is 308 Å². The van der Waals surface area contributed by atoms with Gasteiger partial charge in [0.05, 0.1) is 24.2 Å². The summed E-state index contributed by atoms with van der Waals surface area (Å²) in [6.07, 6.45) is 1.79. The van der Waals surface area contributed by atoms with Crippen LogP contribution >= 0.6 is 49.8 Å². The van der Waals surface area contributed by atoms with Gasteiger partial charge in [0.15, 0.2) is 0 Å². The van der Waals surface area contributed by atoms with Crippen LogP contribution in [0.15, 0.2) is 52.9 Å². The molecule has 1 fully saturated rings. The molecule has 19 heteroatoms. The third-order valence-electron chi connectivity index (χ3n) is 5.53. The van der Waals surface area contributed by atoms with Crippen LogP contribution < -0.4 is 10.5 Å². The third kappa shape index (κ3) is 27.8. The first-order valence-electron chi connectivity index (χ1n) is 14.5. The van der Waals surface area contributed by atoms with Gasteiger partial charge >= 0.3 is 25.5 Å². The predicted octanol–water partition coefficient (Wildman–Crippen LogP) is 6.14. The first-order valence-corrected chi connectivity index (χ1v) is 20.4. The number of ether oxygens (including phenoxy) is 1. The van der Waals surface area contributed by atoms with E-state index in [0.717, 1.165) is 30.2 Å². The van der Waals surface area contributed by atoms with Crippen LogP contribution in [0.4, 0.5) is 16.2 Å². The van der Waals surface area contributed by atoms with Gasteiger partial charge in [-0.25, -0.2) is 9.59 Å². The minimum Gasteiger partial charge on any atom is -0.447 e. The van der Waals surface area contributed by atoms with Gasteiger partial charge in [0, 0.05) is 21.7 Å². The van der Waals surface area contributed by atoms with Gasteiger partial charge in [-0.3, -0.25) is 4.72 Å². The Kier molecular flexibility index (Phi) is 32.3. The largest absolute Gasteiger partial charge is 0.447 e. The molecular weight excluding hydrogens is 797 g/mol. The van der Waals surface area contributed by atoms with Crippen molar-refractivity contribution in [1.82, 2.24) is 9.21 Å². The van der Waals surface area contributed by atoms with Crippen molar-refractivity contribution in [3.8, 4) is 0 Å². The fourth-order valence-electron chi connectivity index (χ4n) is 3.18. The summed E-state index contributed by atoms with van der Waals surface area (Å²) in [6, 6.07) is 15.0. The van der Waals surface area contributed by atoms with E-state index in [1.54, 1.807) is 18.2 Å². The van der Waals surface area contributed by atoms with Gasteiger partial charge in [0.2, 0.25) is 0 Å². The molecule has 0 atom stereocenters. The van der Waals surface area contributed by atoms with Gasteiger partial charge in [-0.2, -0.15) is 21.1 Å². The van der Waals surface area contributed by atoms with Gasteiger partial charge < -0.3 is 20.5 Å². The summed E-state index contributed by atoms with van der Waals surface area (Å²) >= 11 is 12.5. The number of nitrogens with one attached hydrogen (secondary N) is 1. The Bertz CT molecular complexity index is 1390. The Morgan fingerprint density at radius 3 is 1.77 bits per heavy atom. The molecule has 1 saturated heterocycles. The highest BCUT2D eigenvalue weighted by Gasteiger charge is 2.33. The maximum Gasteiger partial charge on any atom is 0.425 e. The van der Waals surface area contributed by atoms with E-state index in [-0.39, 0.29) is 25.1 Å². The van der Waals surface area contributed by atoms with Crippen LogP contribution in [0.2, 0.25) is 0 Å². The van der Waals surface area contributed by atoms with Crippen LogP contribution in [0.1, 0.15) is 45.7 Å². The number of cyclic esters (lactones) is 1. The van der Waals surface area contributed by atoms with Crippen molar-refractivity contribution >= 4 is 92.8 Å². The number of isocyanates is 1. The molecule has 2 aromatic rings. The first kappa shape index (κ1) is 50.2. The van der Waals surface area contributed by atoms with Crippen molar-refractivity contribution in [3.63, 3.8) is 0 Å². The number of aryl methyl sites for hydroxylation is 2. The maximum absolute atomic E-state index is 11.9. The number of rotatable bonds is 10. The number of hydrogen-bond donors (Lipinski definition) is 3. The summed E-state index contributed by atoms with van der Waals surface area (Å²) in [4.78, 5) is 22.7. The van der Waals surface area contributed by atoms with E-state index in [2.05, 4.69) is 79.1 Å². The van der Waals surface area contributed by atoms with Gasteiger partial charge in [-0.15, -0.1) is 23.2 Å². The number of hydrogen-bond acceptors (Lipinski definition) is 10. The Morgan fingerprint density at radius 1 is 1.00 bits per heavy atom. The minimum absolute atomic E-state index is 0.0433. The molecule has 276 valence electrons. The van der Waals surface area contributed by atoms with E-state index in [9.17, 15) is 21.6 Å². The number of aliphatic hydroxyl groups excluding tert-OH is 1. The summed E-state index contributed by atoms with van der Waals surface area (Å²) in [5.74, 6) is 0. The van der Waals surface area contributed by atoms with Crippen LogP contribution in [0.3, 0.4) is 0 Å². The van der Waals surface area contributed by atoms with Crippen LogP contribution in [-0.4, -0.2) is 93.4 Å². The molecule has 1 heterocycles. The van der Waals surface area contributed by atoms with E-state index in [1.807, 2.05) is 31.2 Å². The van der Waals surface area contributed by atoms with Crippen LogP contribution in [0, 0.1) is 0 Å². The lowest BCUT2D eigenvalue weighted by atomic mass is 10.1. The Hall–Kier alpha value is -2.14. The zero-order valence-corrected chi connectivity index (χ0v) is 33.2. The molecule has 1 aliphatic heterocycles. The van der Waals surface area contributed by atoms with E-state index < -0.39 is 25.5 Å². The molecule has 4 N–H and O–H groups in total. The molecule has 0 unspecified atom stereocenters. The number of amides is 1. The topological polar surface area (TPSA) is 189 Å². The van der Waals surface area contributed by atoms with E-state index in [1.165, 1.54) is 25.2 Å². The summed E-state index contributed by atoms with van der Waals surface area (Å²) < 4.78 is 52.8. The number of anilines is 2. The third-order valence-corrected chi connectivity index (χ3v) is 7.79. The second-order valence-electron chi connectivity index (χ2n) is 8.67. The van der Waals surface area contributed by atoms with Crippen LogP contribution in [-0.2, 0) is 41.8 Å². The number of nitrogen functional groups attached to an aromatic ring is 1. The fourth-order valence-corrected chi connectivity index (χ4v) is 4.46. The molecule has 0 spiro atoms. The second-order valence-corrected chi connectivity index (χ2v) is 14.0. The van der Waals surface area contributed by atoms with Gasteiger partial charge in [-0.1, -0.05) is 79.2 Å². The molecular formula is C29H47BrCl3N5O8S2. The molecule has 48 heavy (non-hydrogen) atoms. The lowest BCUT2D eigenvalue weighted by molar-refractivity contribution is 0.170. The standard InChI is InChI=1S/C11H14N2O4S.C8H11N.C6H15N.C2H5BrO.CH2Cl2.CClNO3S/c1-2-9-4-3-5-10(8-9)12-18(15,16)13-6-7-17-11(13)14;1-2-7-4-3-5-8(9)6-7;1-4-7(5-2)6-3;3-1-2-4;2-1-3;2-7(5,6)3-1-4/h3-5,8,12H,2,6-7H2,1H3;3-6H,2,9H2,1H3;4-6H2,1-3H3;4H,1-2H2;1H2;. The number of carbonyl (C=O) groups is 1. The predicted molar refractivity (Wildman–Crippen MR) is 200 cm³/mol. The fraction of sp³-hybridized carbons (Fsp3) is 0.517. The van der Waals surface area contributed by atoms with E-state index in [4.69, 9.17) is 38.8 Å². The van der Waals surface area contributed by atoms with Crippen molar-refractivity contribution < 1.29 is 36.3 Å². The quantitative estimate of drug-likeness (QED) is 0.0825. The average Bonchev–Trinajstić information content (AvgIpc) is 3.49. The molecule has 13 nitrogen and oxygen atoms in total. The number of benzene rings is 2. The Balaban J connectivity index is -0.000000571. The highest BCUT2D eigenvalue weighted by molar-refractivity contribution is 9.09. The van der Waals surface area contributed by atoms with Crippen molar-refractivity contribution in [2.45, 2.75) is 47.5 Å². The Morgan fingerprint density at radius 2 is 1.48 bits per heavy atom. The summed E-state index contributed by atoms with van der Waals surface area (Å²) in [7, 11) is -3.50. The van der Waals surface area contributed by atoms with Crippen LogP contribution in [0.5, 0.6) is 0 Å². The molecule has 0 aromatic heterocycles. The lowest BCUT2D eigenvalue weighted by Crippen LogP contribution is -2.36. The van der Waals surface area contributed by atoms with Gasteiger partial charge in [-0.05, 0) is 67.9 Å². The summed E-state index contributed by atoms with van der Waals surface area (Å²) in [6.45, 7) is 14.6. The molecule has 2 aromatic carbocycles. The maximum atomic E-state index is 11.9. The highest BCUT2D eigenvalue weighted by Crippen LogP contribution is 2.17. The first-order chi connectivity index (χ1) is 22.6. The average molecular weight is 844 g/mol. The molecule has 1 aliphatic rings. The number of halogens is 4. The smallest absolute Gasteiger partial charge is 0.425 e. The summed E-state index contributed by atoms with van der Waals surface area (Å²) in [5.41, 5.74) is 9.14. The number of nitrogens with two attached hydrogens (primary N) is 1. The number of aliphatic hydroxyl groups is 1. The van der Waals surface area contributed by atoms with E-state index in [0.29, 0.717) is 15.3 Å². The normalized spacial score (nSPS) is 11.6. The minimum atomic E-state index is -4.00. The number of nitrogens with zero attached hydrogens (tertiary/aromatic N) is 3. The molecule has 0 bridgehead atoms. The zero-order chi connectivity index (χ0) is 37.6. The summed E-state index contributed by atoms with van der Waals surface area (Å²) in [5, 5.41) is 8.71. The zero-order valence-electron chi connectivity index (χ0n) is 27.7. The van der Waals surface area contributed by atoms with E-state index >= 15 is 0 Å². The molecule has 1 amide bonds.